The molecule has 0 atom stereocenters. The number of hydrogen-bond donors (Lipinski definition) is 0. The van der Waals surface area contributed by atoms with Gasteiger partial charge < -0.3 is 9.80 Å². The molecule has 1 fully saturated rings. The van der Waals surface area contributed by atoms with E-state index in [9.17, 15) is 0 Å². The van der Waals surface area contributed by atoms with Gasteiger partial charge in [0.2, 0.25) is 0 Å². The fourth-order valence-electron chi connectivity index (χ4n) is 2.06. The number of nitrogens with zero attached hydrogens (tertiary/aromatic N) is 4. The van der Waals surface area contributed by atoms with Crippen LogP contribution in [-0.4, -0.2) is 48.1 Å². The van der Waals surface area contributed by atoms with Crippen LogP contribution in [-0.2, 0) is 0 Å². The minimum atomic E-state index is 0.415. The Kier molecular flexibility index (Phi) is 3.97. The lowest BCUT2D eigenvalue weighted by atomic mass is 10.1. The van der Waals surface area contributed by atoms with Crippen molar-refractivity contribution in [2.75, 3.05) is 38.1 Å². The van der Waals surface area contributed by atoms with Gasteiger partial charge in [0.05, 0.1) is 0 Å². The van der Waals surface area contributed by atoms with Crippen LogP contribution in [0.15, 0.2) is 12.6 Å². The highest BCUT2D eigenvalue weighted by Gasteiger charge is 2.17. The van der Waals surface area contributed by atoms with Crippen LogP contribution in [0.2, 0.25) is 0 Å². The van der Waals surface area contributed by atoms with Crippen molar-refractivity contribution in [2.45, 2.75) is 19.8 Å². The summed E-state index contributed by atoms with van der Waals surface area (Å²) < 4.78 is 0. The smallest absolute Gasteiger partial charge is 0.153 e. The molecule has 18 heavy (non-hydrogen) atoms. The van der Waals surface area contributed by atoms with Gasteiger partial charge in [-0.2, -0.15) is 0 Å². The second-order valence-electron chi connectivity index (χ2n) is 5.16. The lowest BCUT2D eigenvalue weighted by Gasteiger charge is -2.33. The van der Waals surface area contributed by atoms with E-state index in [0.29, 0.717) is 5.92 Å². The Morgan fingerprint density at radius 3 is 2.44 bits per heavy atom. The molecular weight excluding hydrogens is 224 g/mol. The first kappa shape index (κ1) is 13.0. The summed E-state index contributed by atoms with van der Waals surface area (Å²) in [4.78, 5) is 13.7. The summed E-state index contributed by atoms with van der Waals surface area (Å²) in [5.74, 6) is 2.18. The first-order valence-corrected chi connectivity index (χ1v) is 6.55. The van der Waals surface area contributed by atoms with E-state index >= 15 is 0 Å². The minimum absolute atomic E-state index is 0.415. The quantitative estimate of drug-likeness (QED) is 0.816. The molecule has 1 aliphatic heterocycles. The maximum Gasteiger partial charge on any atom is 0.153 e. The highest BCUT2D eigenvalue weighted by molar-refractivity contribution is 5.47. The molecule has 98 valence electrons. The van der Waals surface area contributed by atoms with Gasteiger partial charge in [-0.25, -0.2) is 9.97 Å². The van der Waals surface area contributed by atoms with Gasteiger partial charge >= 0.3 is 0 Å². The first-order chi connectivity index (χ1) is 8.60. The van der Waals surface area contributed by atoms with Crippen molar-refractivity contribution >= 4 is 11.9 Å². The number of aromatic nitrogens is 2. The molecule has 4 heteroatoms. The molecule has 0 radical (unpaired) electrons. The van der Waals surface area contributed by atoms with E-state index < -0.39 is 0 Å². The van der Waals surface area contributed by atoms with Crippen molar-refractivity contribution < 1.29 is 0 Å². The van der Waals surface area contributed by atoms with E-state index in [-0.39, 0.29) is 0 Å². The third-order valence-electron chi connectivity index (χ3n) is 3.35. The molecule has 0 aliphatic carbocycles. The van der Waals surface area contributed by atoms with Crippen molar-refractivity contribution in [1.82, 2.24) is 14.9 Å². The Bertz CT molecular complexity index is 420. The number of hydrogen-bond acceptors (Lipinski definition) is 4. The van der Waals surface area contributed by atoms with Crippen LogP contribution in [0.3, 0.4) is 0 Å². The minimum Gasteiger partial charge on any atom is -0.354 e. The molecule has 1 saturated heterocycles. The van der Waals surface area contributed by atoms with Crippen LogP contribution in [0.25, 0.3) is 6.08 Å². The van der Waals surface area contributed by atoms with E-state index in [4.69, 9.17) is 0 Å². The van der Waals surface area contributed by atoms with Gasteiger partial charge in [0, 0.05) is 37.9 Å². The molecule has 1 aromatic rings. The summed E-state index contributed by atoms with van der Waals surface area (Å²) in [6.07, 6.45) is 1.73. The number of rotatable bonds is 3. The molecule has 4 nitrogen and oxygen atoms in total. The summed E-state index contributed by atoms with van der Waals surface area (Å²) in [6, 6.07) is 2.11. The van der Waals surface area contributed by atoms with Crippen LogP contribution in [0.4, 0.5) is 5.82 Å². The summed E-state index contributed by atoms with van der Waals surface area (Å²) >= 11 is 0. The molecule has 2 rings (SSSR count). The van der Waals surface area contributed by atoms with E-state index in [0.717, 1.165) is 43.5 Å². The molecule has 0 saturated carbocycles. The lowest BCUT2D eigenvalue weighted by molar-refractivity contribution is 0.312. The molecular formula is C14H22N4. The summed E-state index contributed by atoms with van der Waals surface area (Å²) in [6.45, 7) is 12.3. The van der Waals surface area contributed by atoms with E-state index in [1.54, 1.807) is 6.08 Å². The van der Waals surface area contributed by atoms with Crippen LogP contribution in [0.5, 0.6) is 0 Å². The maximum atomic E-state index is 4.56. The lowest BCUT2D eigenvalue weighted by Crippen LogP contribution is -2.45. The zero-order valence-electron chi connectivity index (χ0n) is 11.6. The Balaban J connectivity index is 2.26. The normalized spacial score (nSPS) is 17.2. The summed E-state index contributed by atoms with van der Waals surface area (Å²) in [5.41, 5.74) is 1.09. The fourth-order valence-corrected chi connectivity index (χ4v) is 2.06. The monoisotopic (exact) mass is 246 g/mol. The van der Waals surface area contributed by atoms with Crippen LogP contribution >= 0.6 is 0 Å². The average Bonchev–Trinajstić information content (AvgIpc) is 2.39. The van der Waals surface area contributed by atoms with Crippen LogP contribution in [0.1, 0.15) is 31.3 Å². The van der Waals surface area contributed by atoms with Crippen molar-refractivity contribution in [2.24, 2.45) is 0 Å². The van der Waals surface area contributed by atoms with Crippen LogP contribution in [0, 0.1) is 0 Å². The maximum absolute atomic E-state index is 4.56. The first-order valence-electron chi connectivity index (χ1n) is 6.55. The Morgan fingerprint density at radius 2 is 1.89 bits per heavy atom. The molecule has 0 bridgehead atoms. The molecule has 1 aliphatic rings. The molecule has 0 N–H and O–H groups in total. The Labute approximate surface area is 109 Å². The molecule has 0 unspecified atom stereocenters. The SMILES string of the molecule is C=Cc1nc(C(C)C)cc(N2CCN(C)CC2)n1. The topological polar surface area (TPSA) is 32.3 Å². The molecule has 0 amide bonds. The second kappa shape index (κ2) is 5.48. The largest absolute Gasteiger partial charge is 0.354 e. The molecule has 1 aromatic heterocycles. The highest BCUT2D eigenvalue weighted by atomic mass is 15.3. The second-order valence-corrected chi connectivity index (χ2v) is 5.16. The summed E-state index contributed by atoms with van der Waals surface area (Å²) in [5, 5.41) is 0. The van der Waals surface area contributed by atoms with Crippen molar-refractivity contribution in [1.29, 1.82) is 0 Å². The van der Waals surface area contributed by atoms with Gasteiger partial charge in [-0.1, -0.05) is 20.4 Å². The summed E-state index contributed by atoms with van der Waals surface area (Å²) in [7, 11) is 2.16. The van der Waals surface area contributed by atoms with Crippen molar-refractivity contribution in [3.63, 3.8) is 0 Å². The predicted molar refractivity (Wildman–Crippen MR) is 75.9 cm³/mol. The molecule has 2 heterocycles. The zero-order chi connectivity index (χ0) is 13.1. The third-order valence-corrected chi connectivity index (χ3v) is 3.35. The predicted octanol–water partition coefficient (Wildman–Crippen LogP) is 1.99. The van der Waals surface area contributed by atoms with Gasteiger partial charge in [-0.15, -0.1) is 0 Å². The molecule has 0 spiro atoms. The van der Waals surface area contributed by atoms with E-state index in [1.807, 2.05) is 0 Å². The van der Waals surface area contributed by atoms with Gasteiger partial charge in [0.25, 0.3) is 0 Å². The standard InChI is InChI=1S/C14H22N4/c1-5-13-15-12(11(2)3)10-14(16-13)18-8-6-17(4)7-9-18/h5,10-11H,1,6-9H2,2-4H3. The highest BCUT2D eigenvalue weighted by Crippen LogP contribution is 2.20. The van der Waals surface area contributed by atoms with Gasteiger partial charge in [0.1, 0.15) is 5.82 Å². The average molecular weight is 246 g/mol. The van der Waals surface area contributed by atoms with E-state index in [2.05, 4.69) is 53.3 Å². The van der Waals surface area contributed by atoms with E-state index in [1.165, 1.54) is 0 Å². The van der Waals surface area contributed by atoms with Crippen molar-refractivity contribution in [3.05, 3.63) is 24.2 Å². The van der Waals surface area contributed by atoms with Crippen molar-refractivity contribution in [3.8, 4) is 0 Å². The zero-order valence-corrected chi connectivity index (χ0v) is 11.6. The number of anilines is 1. The van der Waals surface area contributed by atoms with Gasteiger partial charge in [-0.3, -0.25) is 0 Å². The van der Waals surface area contributed by atoms with Crippen LogP contribution < -0.4 is 4.90 Å². The third kappa shape index (κ3) is 2.88. The number of piperazine rings is 1. The van der Waals surface area contributed by atoms with Gasteiger partial charge in [-0.05, 0) is 19.0 Å². The number of likely N-dealkylation sites (N-methyl/N-ethyl adjacent to an activating group) is 1. The Morgan fingerprint density at radius 1 is 1.22 bits per heavy atom. The fraction of sp³-hybridized carbons (Fsp3) is 0.571. The Hall–Kier alpha value is -1.42. The molecule has 0 aromatic carbocycles. The van der Waals surface area contributed by atoms with Gasteiger partial charge in [0.15, 0.2) is 5.82 Å².